The van der Waals surface area contributed by atoms with Crippen LogP contribution in [-0.2, 0) is 6.54 Å². The van der Waals surface area contributed by atoms with E-state index in [1.54, 1.807) is 35.2 Å². The fourth-order valence-electron chi connectivity index (χ4n) is 2.00. The first-order chi connectivity index (χ1) is 9.52. The predicted molar refractivity (Wildman–Crippen MR) is 73.8 cm³/mol. The van der Waals surface area contributed by atoms with Gasteiger partial charge in [0.2, 0.25) is 0 Å². The van der Waals surface area contributed by atoms with Gasteiger partial charge in [0, 0.05) is 36.0 Å². The summed E-state index contributed by atoms with van der Waals surface area (Å²) in [5.74, 6) is -0.500. The first-order valence-corrected chi connectivity index (χ1v) is 6.40. The molecule has 0 aliphatic rings. The minimum atomic E-state index is -0.500. The number of halogens is 1. The SMILES string of the molecule is CC(C)C(=O)c1ccn(Cc2cccc(C#N)c2F)c1. The molecule has 2 aromatic rings. The quantitative estimate of drug-likeness (QED) is 0.799. The van der Waals surface area contributed by atoms with E-state index in [0.29, 0.717) is 17.7 Å². The van der Waals surface area contributed by atoms with E-state index in [4.69, 9.17) is 5.26 Å². The van der Waals surface area contributed by atoms with Crippen LogP contribution >= 0.6 is 0 Å². The van der Waals surface area contributed by atoms with Gasteiger partial charge in [-0.1, -0.05) is 26.0 Å². The van der Waals surface area contributed by atoms with Crippen LogP contribution in [0, 0.1) is 23.1 Å². The van der Waals surface area contributed by atoms with Crippen molar-refractivity contribution in [3.05, 3.63) is 59.2 Å². The number of Topliss-reactive ketones (excluding diaryl/α,β-unsaturated/α-hetero) is 1. The number of rotatable bonds is 4. The van der Waals surface area contributed by atoms with E-state index in [2.05, 4.69) is 0 Å². The second kappa shape index (κ2) is 5.70. The van der Waals surface area contributed by atoms with Crippen molar-refractivity contribution in [2.45, 2.75) is 20.4 Å². The third-order valence-corrected chi connectivity index (χ3v) is 3.11. The molecule has 0 saturated heterocycles. The molecule has 0 atom stereocenters. The summed E-state index contributed by atoms with van der Waals surface area (Å²) in [5.41, 5.74) is 1.09. The summed E-state index contributed by atoms with van der Waals surface area (Å²) in [5, 5.41) is 8.81. The molecule has 0 spiro atoms. The van der Waals surface area contributed by atoms with Gasteiger partial charge in [0.25, 0.3) is 0 Å². The molecule has 1 aromatic heterocycles. The van der Waals surface area contributed by atoms with E-state index in [1.807, 2.05) is 19.9 Å². The molecule has 0 amide bonds. The van der Waals surface area contributed by atoms with E-state index in [-0.39, 0.29) is 17.3 Å². The minimum Gasteiger partial charge on any atom is -0.349 e. The minimum absolute atomic E-state index is 0.0353. The van der Waals surface area contributed by atoms with Crippen LogP contribution in [0.3, 0.4) is 0 Å². The van der Waals surface area contributed by atoms with Crippen LogP contribution in [0.25, 0.3) is 0 Å². The molecule has 1 heterocycles. The average molecular weight is 270 g/mol. The largest absolute Gasteiger partial charge is 0.349 e. The molecule has 3 nitrogen and oxygen atoms in total. The molecular formula is C16H15FN2O. The van der Waals surface area contributed by atoms with E-state index < -0.39 is 5.82 Å². The molecule has 1 aromatic carbocycles. The van der Waals surface area contributed by atoms with Gasteiger partial charge in [0.15, 0.2) is 5.78 Å². The number of benzene rings is 1. The first-order valence-electron chi connectivity index (χ1n) is 6.40. The maximum absolute atomic E-state index is 13.9. The third-order valence-electron chi connectivity index (χ3n) is 3.11. The Labute approximate surface area is 117 Å². The molecule has 0 N–H and O–H groups in total. The van der Waals surface area contributed by atoms with Crippen molar-refractivity contribution in [2.75, 3.05) is 0 Å². The number of nitrogens with zero attached hydrogens (tertiary/aromatic N) is 2. The van der Waals surface area contributed by atoms with Crippen LogP contribution in [0.4, 0.5) is 4.39 Å². The van der Waals surface area contributed by atoms with Crippen LogP contribution in [0.1, 0.15) is 35.3 Å². The second-order valence-electron chi connectivity index (χ2n) is 4.98. The van der Waals surface area contributed by atoms with Gasteiger partial charge in [-0.2, -0.15) is 5.26 Å². The van der Waals surface area contributed by atoms with Gasteiger partial charge in [-0.25, -0.2) is 4.39 Å². The molecule has 102 valence electrons. The second-order valence-corrected chi connectivity index (χ2v) is 4.98. The maximum atomic E-state index is 13.9. The van der Waals surface area contributed by atoms with Gasteiger partial charge < -0.3 is 4.57 Å². The summed E-state index contributed by atoms with van der Waals surface area (Å²) >= 11 is 0. The molecule has 20 heavy (non-hydrogen) atoms. The van der Waals surface area contributed by atoms with Crippen molar-refractivity contribution in [2.24, 2.45) is 5.92 Å². The third kappa shape index (κ3) is 2.77. The molecule has 0 fully saturated rings. The van der Waals surface area contributed by atoms with Crippen molar-refractivity contribution in [3.63, 3.8) is 0 Å². The Morgan fingerprint density at radius 3 is 2.80 bits per heavy atom. The number of carbonyl (C=O) groups excluding carboxylic acids is 1. The van der Waals surface area contributed by atoms with Crippen LogP contribution in [0.15, 0.2) is 36.7 Å². The van der Waals surface area contributed by atoms with Gasteiger partial charge in [-0.05, 0) is 12.1 Å². The Kier molecular flexibility index (Phi) is 3.99. The molecule has 0 aliphatic heterocycles. The summed E-state index contributed by atoms with van der Waals surface area (Å²) < 4.78 is 15.7. The molecule has 0 saturated carbocycles. The van der Waals surface area contributed by atoms with E-state index in [0.717, 1.165) is 0 Å². The van der Waals surface area contributed by atoms with Crippen molar-refractivity contribution in [1.29, 1.82) is 5.26 Å². The summed E-state index contributed by atoms with van der Waals surface area (Å²) in [4.78, 5) is 11.8. The molecule has 0 radical (unpaired) electrons. The number of hydrogen-bond donors (Lipinski definition) is 0. The van der Waals surface area contributed by atoms with E-state index in [1.165, 1.54) is 6.07 Å². The molecule has 4 heteroatoms. The first kappa shape index (κ1) is 14.0. The highest BCUT2D eigenvalue weighted by atomic mass is 19.1. The molecule has 0 bridgehead atoms. The Bertz CT molecular complexity index is 680. The van der Waals surface area contributed by atoms with Crippen molar-refractivity contribution in [3.8, 4) is 6.07 Å². The Hall–Kier alpha value is -2.41. The van der Waals surface area contributed by atoms with Crippen LogP contribution in [-0.4, -0.2) is 10.4 Å². The fourth-order valence-corrected chi connectivity index (χ4v) is 2.00. The van der Waals surface area contributed by atoms with Crippen LogP contribution in [0.5, 0.6) is 0 Å². The topological polar surface area (TPSA) is 45.8 Å². The summed E-state index contributed by atoms with van der Waals surface area (Å²) in [7, 11) is 0. The molecule has 0 unspecified atom stereocenters. The van der Waals surface area contributed by atoms with E-state index in [9.17, 15) is 9.18 Å². The smallest absolute Gasteiger partial charge is 0.166 e. The molecule has 0 aliphatic carbocycles. The lowest BCUT2D eigenvalue weighted by molar-refractivity contribution is 0.0939. The lowest BCUT2D eigenvalue weighted by Crippen LogP contribution is -2.06. The Morgan fingerprint density at radius 2 is 2.15 bits per heavy atom. The van der Waals surface area contributed by atoms with Crippen molar-refractivity contribution < 1.29 is 9.18 Å². The van der Waals surface area contributed by atoms with Gasteiger partial charge in [0.1, 0.15) is 11.9 Å². The van der Waals surface area contributed by atoms with Gasteiger partial charge in [0.05, 0.1) is 5.56 Å². The molecule has 2 rings (SSSR count). The summed E-state index contributed by atoms with van der Waals surface area (Å²) in [6.45, 7) is 3.98. The zero-order valence-electron chi connectivity index (χ0n) is 11.4. The normalized spacial score (nSPS) is 10.6. The number of carbonyl (C=O) groups is 1. The lowest BCUT2D eigenvalue weighted by atomic mass is 10.0. The average Bonchev–Trinajstić information content (AvgIpc) is 2.88. The summed E-state index contributed by atoms with van der Waals surface area (Å²) in [6, 6.07) is 8.29. The fraction of sp³-hybridized carbons (Fsp3) is 0.250. The monoisotopic (exact) mass is 270 g/mol. The zero-order valence-corrected chi connectivity index (χ0v) is 11.4. The Balaban J connectivity index is 2.24. The maximum Gasteiger partial charge on any atom is 0.166 e. The number of ketones is 1. The highest BCUT2D eigenvalue weighted by Crippen LogP contribution is 2.15. The number of hydrogen-bond acceptors (Lipinski definition) is 2. The van der Waals surface area contributed by atoms with Gasteiger partial charge >= 0.3 is 0 Å². The highest BCUT2D eigenvalue weighted by Gasteiger charge is 2.13. The lowest BCUT2D eigenvalue weighted by Gasteiger charge is -2.06. The van der Waals surface area contributed by atoms with Crippen LogP contribution < -0.4 is 0 Å². The van der Waals surface area contributed by atoms with Crippen molar-refractivity contribution >= 4 is 5.78 Å². The van der Waals surface area contributed by atoms with Crippen molar-refractivity contribution in [1.82, 2.24) is 4.57 Å². The van der Waals surface area contributed by atoms with Gasteiger partial charge in [-0.3, -0.25) is 4.79 Å². The molecular weight excluding hydrogens is 255 g/mol. The van der Waals surface area contributed by atoms with Crippen LogP contribution in [0.2, 0.25) is 0 Å². The number of nitriles is 1. The van der Waals surface area contributed by atoms with Gasteiger partial charge in [-0.15, -0.1) is 0 Å². The Morgan fingerprint density at radius 1 is 1.40 bits per heavy atom. The zero-order chi connectivity index (χ0) is 14.7. The predicted octanol–water partition coefficient (Wildman–Crippen LogP) is 3.39. The standard InChI is InChI=1S/C16H15FN2O/c1-11(2)16(20)14-6-7-19(10-14)9-13-5-3-4-12(8-18)15(13)17/h3-7,10-11H,9H2,1-2H3. The summed E-state index contributed by atoms with van der Waals surface area (Å²) in [6.07, 6.45) is 3.45. The number of aromatic nitrogens is 1. The highest BCUT2D eigenvalue weighted by molar-refractivity contribution is 5.97. The van der Waals surface area contributed by atoms with E-state index >= 15 is 0 Å².